The minimum absolute atomic E-state index is 0.0598. The first kappa shape index (κ1) is 17.2. The van der Waals surface area contributed by atoms with Crippen LogP contribution in [0, 0.1) is 20.8 Å². The highest BCUT2D eigenvalue weighted by molar-refractivity contribution is 6.01. The maximum Gasteiger partial charge on any atom is 0.317 e. The molecule has 2 aromatic heterocycles. The van der Waals surface area contributed by atoms with Gasteiger partial charge in [0.2, 0.25) is 0 Å². The predicted molar refractivity (Wildman–Crippen MR) is 93.7 cm³/mol. The third-order valence-corrected chi connectivity index (χ3v) is 4.44. The zero-order valence-electron chi connectivity index (χ0n) is 15.1. The Morgan fingerprint density at radius 1 is 1.32 bits per heavy atom. The molecule has 8 heteroatoms. The highest BCUT2D eigenvalue weighted by atomic mass is 16.2. The highest BCUT2D eigenvalue weighted by Crippen LogP contribution is 2.17. The molecule has 3 amide bonds. The van der Waals surface area contributed by atoms with Crippen molar-refractivity contribution in [1.29, 1.82) is 0 Å². The van der Waals surface area contributed by atoms with Gasteiger partial charge >= 0.3 is 6.03 Å². The number of urea groups is 1. The Hall–Kier alpha value is -2.64. The van der Waals surface area contributed by atoms with Crippen LogP contribution in [0.3, 0.4) is 0 Å². The summed E-state index contributed by atoms with van der Waals surface area (Å²) in [5.41, 5.74) is 3.52. The zero-order valence-corrected chi connectivity index (χ0v) is 15.1. The molecule has 0 saturated carbocycles. The van der Waals surface area contributed by atoms with Crippen LogP contribution in [0.5, 0.6) is 0 Å². The number of amides is 3. The van der Waals surface area contributed by atoms with Crippen molar-refractivity contribution in [3.63, 3.8) is 0 Å². The number of likely N-dealkylation sites (tertiary alicyclic amines) is 1. The molecule has 8 nitrogen and oxygen atoms in total. The Balaban J connectivity index is 1.78. The summed E-state index contributed by atoms with van der Waals surface area (Å²) in [5, 5.41) is 10.2. The largest absolute Gasteiger partial charge is 0.347 e. The van der Waals surface area contributed by atoms with Crippen LogP contribution >= 0.6 is 0 Å². The zero-order chi connectivity index (χ0) is 18.1. The Labute approximate surface area is 146 Å². The summed E-state index contributed by atoms with van der Waals surface area (Å²) in [5.74, 6) is -0.187. The molecule has 1 aliphatic heterocycles. The third-order valence-electron chi connectivity index (χ3n) is 4.44. The fourth-order valence-corrected chi connectivity index (χ4v) is 3.28. The number of nitrogens with one attached hydrogen (secondary N) is 2. The summed E-state index contributed by atoms with van der Waals surface area (Å²) < 4.78 is 1.70. The number of aryl methyl sites for hydroxylation is 3. The molecule has 2 aromatic rings. The minimum Gasteiger partial charge on any atom is -0.347 e. The van der Waals surface area contributed by atoms with Gasteiger partial charge in [0.15, 0.2) is 5.65 Å². The average molecular weight is 344 g/mol. The lowest BCUT2D eigenvalue weighted by molar-refractivity contribution is 0.0938. The van der Waals surface area contributed by atoms with Crippen molar-refractivity contribution in [1.82, 2.24) is 30.1 Å². The number of hydrogen-bond donors (Lipinski definition) is 2. The molecule has 1 fully saturated rings. The van der Waals surface area contributed by atoms with Gasteiger partial charge in [0.25, 0.3) is 5.91 Å². The number of hydrogen-bond acceptors (Lipinski definition) is 4. The van der Waals surface area contributed by atoms with Gasteiger partial charge in [-0.2, -0.15) is 5.10 Å². The molecular weight excluding hydrogens is 320 g/mol. The summed E-state index contributed by atoms with van der Waals surface area (Å²) in [7, 11) is 0. The molecule has 1 atom stereocenters. The summed E-state index contributed by atoms with van der Waals surface area (Å²) in [4.78, 5) is 30.9. The second-order valence-electron chi connectivity index (χ2n) is 6.48. The van der Waals surface area contributed by atoms with E-state index in [0.717, 1.165) is 17.8 Å². The van der Waals surface area contributed by atoms with Gasteiger partial charge in [0.05, 0.1) is 5.69 Å². The standard InChI is InChI=1S/C17H24N6O2/c1-5-18-17(25)22-7-6-13(9-22)20-16(24)14-12(4)21-23-11(3)8-10(2)19-15(14)23/h8,13H,5-7,9H2,1-4H3,(H,18,25)(H,20,24). The normalized spacial score (nSPS) is 17.1. The Bertz CT molecular complexity index is 828. The van der Waals surface area contributed by atoms with Crippen LogP contribution in [0.4, 0.5) is 4.79 Å². The van der Waals surface area contributed by atoms with Crippen molar-refractivity contribution in [3.05, 3.63) is 28.7 Å². The van der Waals surface area contributed by atoms with Gasteiger partial charge in [0.1, 0.15) is 5.56 Å². The van der Waals surface area contributed by atoms with Crippen LogP contribution in [-0.4, -0.2) is 57.1 Å². The monoisotopic (exact) mass is 344 g/mol. The lowest BCUT2D eigenvalue weighted by Gasteiger charge is -2.17. The molecule has 0 bridgehead atoms. The SMILES string of the molecule is CCNC(=O)N1CCC(NC(=O)c2c(C)nn3c(C)cc(C)nc23)C1. The second-order valence-corrected chi connectivity index (χ2v) is 6.48. The van der Waals surface area contributed by atoms with Crippen molar-refractivity contribution in [3.8, 4) is 0 Å². The molecule has 25 heavy (non-hydrogen) atoms. The van der Waals surface area contributed by atoms with Crippen molar-refractivity contribution in [2.45, 2.75) is 40.2 Å². The van der Waals surface area contributed by atoms with Gasteiger partial charge in [-0.3, -0.25) is 4.79 Å². The van der Waals surface area contributed by atoms with E-state index in [-0.39, 0.29) is 18.0 Å². The Kier molecular flexibility index (Phi) is 4.61. The fourth-order valence-electron chi connectivity index (χ4n) is 3.28. The number of nitrogens with zero attached hydrogens (tertiary/aromatic N) is 4. The van der Waals surface area contributed by atoms with E-state index in [9.17, 15) is 9.59 Å². The van der Waals surface area contributed by atoms with Crippen LogP contribution in [0.1, 0.15) is 40.8 Å². The first-order chi connectivity index (χ1) is 11.9. The summed E-state index contributed by atoms with van der Waals surface area (Å²) in [6.45, 7) is 9.29. The van der Waals surface area contributed by atoms with Crippen LogP contribution in [0.2, 0.25) is 0 Å². The number of carbonyl (C=O) groups is 2. The van der Waals surface area contributed by atoms with Gasteiger partial charge in [-0.15, -0.1) is 0 Å². The molecule has 1 aliphatic rings. The molecule has 0 aromatic carbocycles. The molecule has 0 spiro atoms. The molecule has 134 valence electrons. The topological polar surface area (TPSA) is 91.6 Å². The van der Waals surface area contributed by atoms with Crippen LogP contribution < -0.4 is 10.6 Å². The highest BCUT2D eigenvalue weighted by Gasteiger charge is 2.29. The van der Waals surface area contributed by atoms with Crippen LogP contribution in [-0.2, 0) is 0 Å². The van der Waals surface area contributed by atoms with E-state index in [4.69, 9.17) is 0 Å². The van der Waals surface area contributed by atoms with E-state index in [2.05, 4.69) is 20.7 Å². The quantitative estimate of drug-likeness (QED) is 0.875. The molecule has 0 radical (unpaired) electrons. The molecule has 3 heterocycles. The first-order valence-corrected chi connectivity index (χ1v) is 8.58. The Morgan fingerprint density at radius 2 is 2.08 bits per heavy atom. The van der Waals surface area contributed by atoms with Gasteiger partial charge in [-0.05, 0) is 40.2 Å². The molecule has 1 saturated heterocycles. The van der Waals surface area contributed by atoms with Crippen molar-refractivity contribution < 1.29 is 9.59 Å². The average Bonchev–Trinajstić information content (AvgIpc) is 3.12. The van der Waals surface area contributed by atoms with Gasteiger partial charge in [-0.1, -0.05) is 0 Å². The Morgan fingerprint density at radius 3 is 2.80 bits per heavy atom. The maximum atomic E-state index is 12.8. The van der Waals surface area contributed by atoms with Crippen LogP contribution in [0.25, 0.3) is 5.65 Å². The van der Waals surface area contributed by atoms with E-state index >= 15 is 0 Å². The number of rotatable bonds is 3. The van der Waals surface area contributed by atoms with Crippen molar-refractivity contribution >= 4 is 17.6 Å². The molecule has 2 N–H and O–H groups in total. The first-order valence-electron chi connectivity index (χ1n) is 8.58. The van der Waals surface area contributed by atoms with E-state index in [0.29, 0.717) is 36.5 Å². The van der Waals surface area contributed by atoms with Crippen molar-refractivity contribution in [2.75, 3.05) is 19.6 Å². The molecule has 3 rings (SSSR count). The van der Waals surface area contributed by atoms with E-state index in [1.807, 2.05) is 33.8 Å². The van der Waals surface area contributed by atoms with E-state index < -0.39 is 0 Å². The number of fused-ring (bicyclic) bond motifs is 1. The van der Waals surface area contributed by atoms with Gasteiger partial charge in [0, 0.05) is 37.1 Å². The number of aromatic nitrogens is 3. The third kappa shape index (κ3) is 3.29. The smallest absolute Gasteiger partial charge is 0.317 e. The van der Waals surface area contributed by atoms with Crippen molar-refractivity contribution in [2.24, 2.45) is 0 Å². The maximum absolute atomic E-state index is 12.8. The molecule has 0 aliphatic carbocycles. The van der Waals surface area contributed by atoms with E-state index in [1.165, 1.54) is 0 Å². The lowest BCUT2D eigenvalue weighted by Crippen LogP contribution is -2.42. The van der Waals surface area contributed by atoms with Crippen LogP contribution in [0.15, 0.2) is 6.07 Å². The van der Waals surface area contributed by atoms with Gasteiger partial charge in [-0.25, -0.2) is 14.3 Å². The lowest BCUT2D eigenvalue weighted by atomic mass is 10.2. The molecule has 1 unspecified atom stereocenters. The van der Waals surface area contributed by atoms with E-state index in [1.54, 1.807) is 9.42 Å². The summed E-state index contributed by atoms with van der Waals surface area (Å²) in [6.07, 6.45) is 0.743. The predicted octanol–water partition coefficient (Wildman–Crippen LogP) is 1.19. The second kappa shape index (κ2) is 6.70. The minimum atomic E-state index is -0.187. The summed E-state index contributed by atoms with van der Waals surface area (Å²) in [6, 6.07) is 1.79. The fraction of sp³-hybridized carbons (Fsp3) is 0.529. The molecular formula is C17H24N6O2. The number of carbonyl (C=O) groups excluding carboxylic acids is 2. The van der Waals surface area contributed by atoms with Gasteiger partial charge < -0.3 is 15.5 Å². The summed E-state index contributed by atoms with van der Waals surface area (Å²) >= 11 is 0.